The molecule has 2 aromatic carbocycles. The van der Waals surface area contributed by atoms with Crippen molar-refractivity contribution < 1.29 is 9.18 Å². The van der Waals surface area contributed by atoms with E-state index in [1.807, 2.05) is 12.1 Å². The van der Waals surface area contributed by atoms with Crippen LogP contribution in [0.25, 0.3) is 0 Å². The van der Waals surface area contributed by atoms with Crippen LogP contribution in [0.2, 0.25) is 5.02 Å². The molecule has 0 amide bonds. The summed E-state index contributed by atoms with van der Waals surface area (Å²) in [7, 11) is 0. The molecular formula is C14H8BrClFIO. The number of benzene rings is 2. The molecule has 19 heavy (non-hydrogen) atoms. The number of carbonyl (C=O) groups is 1. The first-order valence-corrected chi connectivity index (χ1v) is 7.64. The number of hydrogen-bond donors (Lipinski definition) is 0. The fourth-order valence-corrected chi connectivity index (χ4v) is 2.85. The normalized spacial score (nSPS) is 10.5. The Morgan fingerprint density at radius 3 is 2.74 bits per heavy atom. The van der Waals surface area contributed by atoms with Gasteiger partial charge in [0.2, 0.25) is 0 Å². The molecule has 0 spiro atoms. The number of carbonyl (C=O) groups excluding carboxylic acids is 1. The number of Topliss-reactive ketones (excluding diaryl/α,β-unsaturated/α-hetero) is 1. The summed E-state index contributed by atoms with van der Waals surface area (Å²) < 4.78 is 15.3. The maximum Gasteiger partial charge on any atom is 0.168 e. The van der Waals surface area contributed by atoms with E-state index in [-0.39, 0.29) is 12.2 Å². The quantitative estimate of drug-likeness (QED) is 0.457. The Morgan fingerprint density at radius 1 is 1.26 bits per heavy atom. The van der Waals surface area contributed by atoms with Gasteiger partial charge < -0.3 is 0 Å². The fourth-order valence-electron chi connectivity index (χ4n) is 1.66. The van der Waals surface area contributed by atoms with Crippen LogP contribution in [0.3, 0.4) is 0 Å². The summed E-state index contributed by atoms with van der Waals surface area (Å²) in [4.78, 5) is 12.2. The first-order valence-electron chi connectivity index (χ1n) is 5.39. The third kappa shape index (κ3) is 3.77. The van der Waals surface area contributed by atoms with Gasteiger partial charge in [-0.2, -0.15) is 0 Å². The van der Waals surface area contributed by atoms with Crippen LogP contribution in [0.5, 0.6) is 0 Å². The van der Waals surface area contributed by atoms with E-state index in [4.69, 9.17) is 11.6 Å². The topological polar surface area (TPSA) is 17.1 Å². The molecule has 0 N–H and O–H groups in total. The summed E-state index contributed by atoms with van der Waals surface area (Å²) in [5.41, 5.74) is 0.891. The van der Waals surface area contributed by atoms with Gasteiger partial charge in [-0.3, -0.25) is 4.79 Å². The molecule has 0 aromatic heterocycles. The molecular weight excluding hydrogens is 445 g/mol. The highest BCUT2D eigenvalue weighted by atomic mass is 127. The van der Waals surface area contributed by atoms with E-state index in [2.05, 4.69) is 38.5 Å². The van der Waals surface area contributed by atoms with Crippen molar-refractivity contribution in [2.24, 2.45) is 0 Å². The summed E-state index contributed by atoms with van der Waals surface area (Å²) in [6.07, 6.45) is -0.00114. The molecule has 0 saturated heterocycles. The van der Waals surface area contributed by atoms with Crippen molar-refractivity contribution in [3.63, 3.8) is 0 Å². The lowest BCUT2D eigenvalue weighted by Gasteiger charge is -2.06. The van der Waals surface area contributed by atoms with Crippen molar-refractivity contribution in [3.8, 4) is 0 Å². The molecule has 5 heteroatoms. The van der Waals surface area contributed by atoms with Crippen molar-refractivity contribution in [1.29, 1.82) is 0 Å². The molecule has 98 valence electrons. The van der Waals surface area contributed by atoms with Crippen LogP contribution < -0.4 is 0 Å². The summed E-state index contributed by atoms with van der Waals surface area (Å²) in [6.45, 7) is 0. The minimum atomic E-state index is -0.414. The highest BCUT2D eigenvalue weighted by Gasteiger charge is 2.14. The van der Waals surface area contributed by atoms with Gasteiger partial charge in [-0.25, -0.2) is 4.39 Å². The number of rotatable bonds is 3. The SMILES string of the molecule is O=C(Cc1cc(Cl)ccc1F)c1cc(Br)ccc1I. The van der Waals surface area contributed by atoms with Gasteiger partial charge >= 0.3 is 0 Å². The van der Waals surface area contributed by atoms with Crippen LogP contribution >= 0.6 is 50.1 Å². The van der Waals surface area contributed by atoms with Gasteiger partial charge in [-0.15, -0.1) is 0 Å². The van der Waals surface area contributed by atoms with E-state index in [0.29, 0.717) is 16.1 Å². The minimum absolute atomic E-state index is 0.00114. The molecule has 1 nitrogen and oxygen atoms in total. The van der Waals surface area contributed by atoms with Crippen molar-refractivity contribution in [1.82, 2.24) is 0 Å². The van der Waals surface area contributed by atoms with Gasteiger partial charge in [0, 0.05) is 25.0 Å². The van der Waals surface area contributed by atoms with Gasteiger partial charge in [0.25, 0.3) is 0 Å². The Kier molecular flexibility index (Phi) is 4.97. The number of hydrogen-bond acceptors (Lipinski definition) is 1. The first kappa shape index (κ1) is 14.9. The number of ketones is 1. The highest BCUT2D eigenvalue weighted by molar-refractivity contribution is 14.1. The van der Waals surface area contributed by atoms with Gasteiger partial charge in [-0.05, 0) is 64.6 Å². The molecule has 0 unspecified atom stereocenters. The van der Waals surface area contributed by atoms with Gasteiger partial charge in [0.05, 0.1) is 0 Å². The zero-order valence-corrected chi connectivity index (χ0v) is 14.1. The summed E-state index contributed by atoms with van der Waals surface area (Å²) in [5.74, 6) is -0.547. The van der Waals surface area contributed by atoms with Crippen LogP contribution in [0.1, 0.15) is 15.9 Å². The lowest BCUT2D eigenvalue weighted by Crippen LogP contribution is -2.07. The Labute approximate surface area is 137 Å². The van der Waals surface area contributed by atoms with Crippen LogP contribution in [-0.4, -0.2) is 5.78 Å². The van der Waals surface area contributed by atoms with Crippen LogP contribution in [0.15, 0.2) is 40.9 Å². The van der Waals surface area contributed by atoms with Gasteiger partial charge in [0.15, 0.2) is 5.78 Å². The van der Waals surface area contributed by atoms with Gasteiger partial charge in [-0.1, -0.05) is 27.5 Å². The molecule has 0 aliphatic rings. The molecule has 0 saturated carbocycles. The number of halogens is 4. The van der Waals surface area contributed by atoms with E-state index in [0.717, 1.165) is 8.04 Å². The lowest BCUT2D eigenvalue weighted by molar-refractivity contribution is 0.0991. The van der Waals surface area contributed by atoms with E-state index in [1.54, 1.807) is 6.07 Å². The smallest absolute Gasteiger partial charge is 0.168 e. The predicted molar refractivity (Wildman–Crippen MR) is 86.3 cm³/mol. The summed E-state index contributed by atoms with van der Waals surface area (Å²) in [5, 5.41) is 0.424. The van der Waals surface area contributed by atoms with E-state index in [9.17, 15) is 9.18 Å². The molecule has 2 aromatic rings. The maximum absolute atomic E-state index is 13.6. The lowest BCUT2D eigenvalue weighted by atomic mass is 10.0. The molecule has 0 bridgehead atoms. The monoisotopic (exact) mass is 452 g/mol. The zero-order chi connectivity index (χ0) is 14.0. The maximum atomic E-state index is 13.6. The Morgan fingerprint density at radius 2 is 2.00 bits per heavy atom. The van der Waals surface area contributed by atoms with Crippen LogP contribution in [-0.2, 0) is 6.42 Å². The average molecular weight is 453 g/mol. The minimum Gasteiger partial charge on any atom is -0.294 e. The zero-order valence-electron chi connectivity index (χ0n) is 9.59. The fraction of sp³-hybridized carbons (Fsp3) is 0.0714. The first-order chi connectivity index (χ1) is 8.97. The Balaban J connectivity index is 2.30. The predicted octanol–water partition coefficient (Wildman–Crippen LogP) is 5.27. The second kappa shape index (κ2) is 6.33. The van der Waals surface area contributed by atoms with E-state index in [1.165, 1.54) is 18.2 Å². The van der Waals surface area contributed by atoms with Gasteiger partial charge in [0.1, 0.15) is 5.82 Å². The van der Waals surface area contributed by atoms with Crippen molar-refractivity contribution in [2.75, 3.05) is 0 Å². The highest BCUT2D eigenvalue weighted by Crippen LogP contribution is 2.22. The Hall–Kier alpha value is -0.460. The molecule has 0 heterocycles. The third-order valence-corrected chi connectivity index (χ3v) is 4.26. The third-order valence-electron chi connectivity index (χ3n) is 2.59. The molecule has 0 aliphatic heterocycles. The van der Waals surface area contributed by atoms with Crippen molar-refractivity contribution in [2.45, 2.75) is 6.42 Å². The Bertz CT molecular complexity index is 645. The average Bonchev–Trinajstić information content (AvgIpc) is 2.36. The molecule has 0 radical (unpaired) electrons. The molecule has 0 fully saturated rings. The molecule has 0 aliphatic carbocycles. The van der Waals surface area contributed by atoms with Crippen LogP contribution in [0.4, 0.5) is 4.39 Å². The summed E-state index contributed by atoms with van der Waals surface area (Å²) >= 11 is 11.2. The molecule has 0 atom stereocenters. The van der Waals surface area contributed by atoms with Crippen molar-refractivity contribution in [3.05, 3.63) is 66.4 Å². The largest absolute Gasteiger partial charge is 0.294 e. The second-order valence-electron chi connectivity index (χ2n) is 3.96. The van der Waals surface area contributed by atoms with Crippen molar-refractivity contribution >= 4 is 55.9 Å². The standard InChI is InChI=1S/C14H8BrClFIO/c15-9-1-4-13(18)11(7-9)14(19)6-8-5-10(16)2-3-12(8)17/h1-5,7H,6H2. The van der Waals surface area contributed by atoms with E-state index >= 15 is 0 Å². The second-order valence-corrected chi connectivity index (χ2v) is 6.47. The van der Waals surface area contributed by atoms with E-state index < -0.39 is 5.82 Å². The summed E-state index contributed by atoms with van der Waals surface area (Å²) in [6, 6.07) is 9.67. The molecule has 2 rings (SSSR count). The van der Waals surface area contributed by atoms with Crippen LogP contribution in [0, 0.1) is 9.39 Å².